The van der Waals surface area contributed by atoms with Gasteiger partial charge in [-0.3, -0.25) is 4.57 Å². The number of rotatable bonds is 1. The van der Waals surface area contributed by atoms with Gasteiger partial charge in [0.15, 0.2) is 0 Å². The van der Waals surface area contributed by atoms with Crippen molar-refractivity contribution >= 4 is 0 Å². The molecule has 0 fully saturated rings. The summed E-state index contributed by atoms with van der Waals surface area (Å²) >= 11 is 0. The van der Waals surface area contributed by atoms with Gasteiger partial charge >= 0.3 is 0 Å². The van der Waals surface area contributed by atoms with E-state index in [0.29, 0.717) is 0 Å². The minimum Gasteiger partial charge on any atom is -0.491 e. The molecule has 3 heteroatoms. The van der Waals surface area contributed by atoms with Gasteiger partial charge in [-0.1, -0.05) is 13.0 Å². The second kappa shape index (κ2) is 4.48. The number of ether oxygens (including phenoxy) is 1. The maximum absolute atomic E-state index is 5.89. The van der Waals surface area contributed by atoms with Gasteiger partial charge in [0.2, 0.25) is 0 Å². The van der Waals surface area contributed by atoms with Crippen LogP contribution in [0.15, 0.2) is 24.5 Å². The molecule has 18 heavy (non-hydrogen) atoms. The molecule has 3 nitrogen and oxygen atoms in total. The highest BCUT2D eigenvalue weighted by atomic mass is 16.5. The summed E-state index contributed by atoms with van der Waals surface area (Å²) in [4.78, 5) is 4.43. The molecule has 94 valence electrons. The monoisotopic (exact) mass is 242 g/mol. The fraction of sp³-hybridized carbons (Fsp3) is 0.400. The molecule has 0 amide bonds. The summed E-state index contributed by atoms with van der Waals surface area (Å²) in [6.45, 7) is 5.02. The van der Waals surface area contributed by atoms with Crippen molar-refractivity contribution in [1.29, 1.82) is 0 Å². The summed E-state index contributed by atoms with van der Waals surface area (Å²) in [5.41, 5.74) is 4.86. The van der Waals surface area contributed by atoms with E-state index in [0.717, 1.165) is 43.0 Å². The second-order valence-electron chi connectivity index (χ2n) is 4.75. The Labute approximate surface area is 107 Å². The maximum atomic E-state index is 5.89. The van der Waals surface area contributed by atoms with Crippen molar-refractivity contribution in [2.24, 2.45) is 0 Å². The van der Waals surface area contributed by atoms with Gasteiger partial charge in [-0.2, -0.15) is 0 Å². The Hall–Kier alpha value is -1.77. The zero-order chi connectivity index (χ0) is 12.5. The number of aryl methyl sites for hydroxylation is 2. The zero-order valence-electron chi connectivity index (χ0n) is 10.9. The second-order valence-corrected chi connectivity index (χ2v) is 4.75. The maximum Gasteiger partial charge on any atom is 0.143 e. The minimum atomic E-state index is 0.783. The lowest BCUT2D eigenvalue weighted by Gasteiger charge is -2.18. The topological polar surface area (TPSA) is 27.1 Å². The van der Waals surface area contributed by atoms with Gasteiger partial charge in [0.05, 0.1) is 24.3 Å². The van der Waals surface area contributed by atoms with Gasteiger partial charge in [-0.25, -0.2) is 4.98 Å². The fourth-order valence-corrected chi connectivity index (χ4v) is 2.49. The fourth-order valence-electron chi connectivity index (χ4n) is 2.49. The first kappa shape index (κ1) is 11.3. The van der Waals surface area contributed by atoms with Crippen molar-refractivity contribution in [2.45, 2.75) is 33.1 Å². The van der Waals surface area contributed by atoms with E-state index < -0.39 is 0 Å². The van der Waals surface area contributed by atoms with Crippen LogP contribution in [0.1, 0.15) is 30.3 Å². The summed E-state index contributed by atoms with van der Waals surface area (Å²) in [7, 11) is 0. The predicted molar refractivity (Wildman–Crippen MR) is 71.5 cm³/mol. The molecule has 1 aliphatic rings. The summed E-state index contributed by atoms with van der Waals surface area (Å²) in [5.74, 6) is 0.979. The van der Waals surface area contributed by atoms with Gasteiger partial charge < -0.3 is 4.74 Å². The molecule has 2 heterocycles. The normalized spacial score (nSPS) is 14.1. The van der Waals surface area contributed by atoms with Gasteiger partial charge in [-0.05, 0) is 43.9 Å². The van der Waals surface area contributed by atoms with Crippen molar-refractivity contribution < 1.29 is 4.74 Å². The van der Waals surface area contributed by atoms with Gasteiger partial charge in [0.1, 0.15) is 5.75 Å². The number of fused-ring (bicyclic) bond motifs is 3. The Morgan fingerprint density at radius 1 is 1.39 bits per heavy atom. The van der Waals surface area contributed by atoms with E-state index in [4.69, 9.17) is 4.74 Å². The van der Waals surface area contributed by atoms with Gasteiger partial charge in [0, 0.05) is 5.69 Å². The van der Waals surface area contributed by atoms with Crippen LogP contribution in [0.2, 0.25) is 0 Å². The Kier molecular flexibility index (Phi) is 2.82. The molecule has 1 aromatic carbocycles. The summed E-state index contributed by atoms with van der Waals surface area (Å²) < 4.78 is 8.06. The van der Waals surface area contributed by atoms with E-state index in [9.17, 15) is 0 Å². The Morgan fingerprint density at radius 2 is 2.28 bits per heavy atom. The molecule has 1 aliphatic heterocycles. The molecule has 0 saturated heterocycles. The van der Waals surface area contributed by atoms with Crippen LogP contribution in [0.3, 0.4) is 0 Å². The largest absolute Gasteiger partial charge is 0.491 e. The van der Waals surface area contributed by atoms with Crippen LogP contribution in [0.4, 0.5) is 0 Å². The molecule has 0 atom stereocenters. The third-order valence-electron chi connectivity index (χ3n) is 3.58. The highest BCUT2D eigenvalue weighted by molar-refractivity contribution is 5.50. The van der Waals surface area contributed by atoms with Gasteiger partial charge in [-0.15, -0.1) is 0 Å². The molecule has 3 rings (SSSR count). The summed E-state index contributed by atoms with van der Waals surface area (Å²) in [5, 5.41) is 0. The quantitative estimate of drug-likeness (QED) is 0.768. The lowest BCUT2D eigenvalue weighted by atomic mass is 10.1. The molecule has 0 bridgehead atoms. The van der Waals surface area contributed by atoms with Crippen LogP contribution in [0, 0.1) is 6.92 Å². The van der Waals surface area contributed by atoms with Crippen LogP contribution in [-0.4, -0.2) is 16.2 Å². The average Bonchev–Trinajstić information content (AvgIpc) is 2.72. The van der Waals surface area contributed by atoms with E-state index in [2.05, 4.69) is 41.6 Å². The van der Waals surface area contributed by atoms with E-state index in [1.807, 2.05) is 6.33 Å². The van der Waals surface area contributed by atoms with Crippen LogP contribution < -0.4 is 4.74 Å². The van der Waals surface area contributed by atoms with Crippen molar-refractivity contribution in [1.82, 2.24) is 9.55 Å². The number of imidazole rings is 1. The number of hydrogen-bond acceptors (Lipinski definition) is 2. The first-order valence-corrected chi connectivity index (χ1v) is 6.58. The number of nitrogens with zero attached hydrogens (tertiary/aromatic N) is 2. The summed E-state index contributed by atoms with van der Waals surface area (Å²) in [6, 6.07) is 6.47. The molecule has 1 aromatic heterocycles. The number of hydrogen-bond donors (Lipinski definition) is 0. The molecule has 0 saturated carbocycles. The molecule has 0 spiro atoms. The van der Waals surface area contributed by atoms with E-state index in [1.165, 1.54) is 11.3 Å². The Morgan fingerprint density at radius 3 is 3.11 bits per heavy atom. The van der Waals surface area contributed by atoms with Crippen molar-refractivity contribution in [3.8, 4) is 11.4 Å². The summed E-state index contributed by atoms with van der Waals surface area (Å²) in [6.07, 6.45) is 5.01. The highest BCUT2D eigenvalue weighted by Gasteiger charge is 2.16. The third-order valence-corrected chi connectivity index (χ3v) is 3.58. The molecule has 0 radical (unpaired) electrons. The van der Waals surface area contributed by atoms with Crippen LogP contribution in [-0.2, 0) is 12.8 Å². The van der Waals surface area contributed by atoms with E-state index >= 15 is 0 Å². The molecule has 2 aromatic rings. The smallest absolute Gasteiger partial charge is 0.143 e. The zero-order valence-corrected chi connectivity index (χ0v) is 10.9. The van der Waals surface area contributed by atoms with E-state index in [-0.39, 0.29) is 0 Å². The average molecular weight is 242 g/mol. The number of benzene rings is 1. The Balaban J connectivity index is 2.17. The van der Waals surface area contributed by atoms with E-state index in [1.54, 1.807) is 0 Å². The lowest BCUT2D eigenvalue weighted by Crippen LogP contribution is -2.11. The molecular weight excluding hydrogens is 224 g/mol. The van der Waals surface area contributed by atoms with Crippen LogP contribution in [0.25, 0.3) is 5.69 Å². The third kappa shape index (κ3) is 1.80. The molecule has 0 aliphatic carbocycles. The SMILES string of the molecule is CCc1ccc2c(c1)OCCCc1c(C)ncn1-2. The molecule has 0 unspecified atom stereocenters. The number of aromatic nitrogens is 2. The molecule has 0 N–H and O–H groups in total. The van der Waals surface area contributed by atoms with Crippen molar-refractivity contribution in [3.05, 3.63) is 41.5 Å². The lowest BCUT2D eigenvalue weighted by molar-refractivity contribution is 0.304. The predicted octanol–water partition coefficient (Wildman–Crippen LogP) is 3.07. The van der Waals surface area contributed by atoms with Crippen molar-refractivity contribution in [2.75, 3.05) is 6.61 Å². The first-order valence-electron chi connectivity index (χ1n) is 6.58. The van der Waals surface area contributed by atoms with Crippen molar-refractivity contribution in [3.63, 3.8) is 0 Å². The Bertz CT molecular complexity index is 572. The van der Waals surface area contributed by atoms with Gasteiger partial charge in [0.25, 0.3) is 0 Å². The van der Waals surface area contributed by atoms with Crippen LogP contribution >= 0.6 is 0 Å². The molecular formula is C15H18N2O. The minimum absolute atomic E-state index is 0.783. The standard InChI is InChI=1S/C15H18N2O/c1-3-12-6-7-14-15(9-12)18-8-4-5-13-11(2)16-10-17(13)14/h6-7,9-10H,3-5,8H2,1-2H3. The highest BCUT2D eigenvalue weighted by Crippen LogP contribution is 2.29. The van der Waals surface area contributed by atoms with Crippen LogP contribution in [0.5, 0.6) is 5.75 Å². The first-order chi connectivity index (χ1) is 8.79.